The van der Waals surface area contributed by atoms with E-state index in [0.29, 0.717) is 5.92 Å². The van der Waals surface area contributed by atoms with E-state index < -0.39 is 0 Å². The molecule has 0 spiro atoms. The van der Waals surface area contributed by atoms with E-state index in [-0.39, 0.29) is 0 Å². The SMILES string of the molecule is Cc1sc(-c2ccccc2)cc1C1=CCCC1c1cc(-c2ccccc2)sc1C. The van der Waals surface area contributed by atoms with Crippen LogP contribution >= 0.6 is 22.7 Å². The van der Waals surface area contributed by atoms with Crippen LogP contribution in [0.15, 0.2) is 78.9 Å². The largest absolute Gasteiger partial charge is 0.140 e. The van der Waals surface area contributed by atoms with E-state index in [9.17, 15) is 0 Å². The van der Waals surface area contributed by atoms with Crippen molar-refractivity contribution in [3.63, 3.8) is 0 Å². The van der Waals surface area contributed by atoms with Crippen LogP contribution in [0.1, 0.15) is 39.6 Å². The molecule has 0 bridgehead atoms. The second kappa shape index (κ2) is 7.78. The summed E-state index contributed by atoms with van der Waals surface area (Å²) in [6.07, 6.45) is 4.87. The first-order chi connectivity index (χ1) is 14.2. The second-order valence-corrected chi connectivity index (χ2v) is 10.2. The number of allylic oxidation sites excluding steroid dienone is 2. The third kappa shape index (κ3) is 3.52. The first-order valence-electron chi connectivity index (χ1n) is 10.2. The van der Waals surface area contributed by atoms with Gasteiger partial charge in [-0.15, -0.1) is 22.7 Å². The zero-order valence-corrected chi connectivity index (χ0v) is 18.4. The Labute approximate surface area is 181 Å². The van der Waals surface area contributed by atoms with Crippen LogP contribution in [0.4, 0.5) is 0 Å². The summed E-state index contributed by atoms with van der Waals surface area (Å²) in [7, 11) is 0. The maximum atomic E-state index is 2.48. The molecule has 2 heterocycles. The number of aryl methyl sites for hydroxylation is 2. The Morgan fingerprint density at radius 3 is 1.97 bits per heavy atom. The Hall–Kier alpha value is -2.42. The Balaban J connectivity index is 1.51. The Bertz CT molecular complexity index is 1160. The van der Waals surface area contributed by atoms with Crippen molar-refractivity contribution in [3.05, 3.63) is 99.8 Å². The Kier molecular flexibility index (Phi) is 4.99. The van der Waals surface area contributed by atoms with E-state index in [1.54, 1.807) is 0 Å². The van der Waals surface area contributed by atoms with E-state index >= 15 is 0 Å². The Morgan fingerprint density at radius 2 is 1.31 bits per heavy atom. The maximum absolute atomic E-state index is 2.48. The van der Waals surface area contributed by atoms with Crippen molar-refractivity contribution in [1.29, 1.82) is 0 Å². The van der Waals surface area contributed by atoms with Crippen LogP contribution in [0.2, 0.25) is 0 Å². The summed E-state index contributed by atoms with van der Waals surface area (Å²) in [5, 5.41) is 0. The molecule has 0 radical (unpaired) electrons. The van der Waals surface area contributed by atoms with Gasteiger partial charge in [-0.05, 0) is 66.6 Å². The van der Waals surface area contributed by atoms with Crippen molar-refractivity contribution < 1.29 is 0 Å². The van der Waals surface area contributed by atoms with E-state index in [0.717, 1.165) is 0 Å². The Morgan fingerprint density at radius 1 is 0.724 bits per heavy atom. The van der Waals surface area contributed by atoms with Gasteiger partial charge in [0.15, 0.2) is 0 Å². The van der Waals surface area contributed by atoms with Crippen molar-refractivity contribution in [3.8, 4) is 20.9 Å². The highest BCUT2D eigenvalue weighted by molar-refractivity contribution is 7.16. The molecule has 2 aromatic heterocycles. The fourth-order valence-corrected chi connectivity index (χ4v) is 6.56. The lowest BCUT2D eigenvalue weighted by molar-refractivity contribution is 0.810. The highest BCUT2D eigenvalue weighted by Gasteiger charge is 2.27. The highest BCUT2D eigenvalue weighted by atomic mass is 32.1. The van der Waals surface area contributed by atoms with Gasteiger partial charge >= 0.3 is 0 Å². The summed E-state index contributed by atoms with van der Waals surface area (Å²) >= 11 is 3.85. The molecule has 144 valence electrons. The number of hydrogen-bond acceptors (Lipinski definition) is 2. The van der Waals surface area contributed by atoms with Crippen molar-refractivity contribution >= 4 is 28.2 Å². The average Bonchev–Trinajstić information content (AvgIpc) is 3.47. The summed E-state index contributed by atoms with van der Waals surface area (Å²) in [5.41, 5.74) is 7.14. The van der Waals surface area contributed by atoms with Crippen LogP contribution in [-0.4, -0.2) is 0 Å². The molecule has 0 saturated carbocycles. The highest BCUT2D eigenvalue weighted by Crippen LogP contribution is 2.48. The summed E-state index contributed by atoms with van der Waals surface area (Å²) in [5.74, 6) is 0.514. The van der Waals surface area contributed by atoms with Gasteiger partial charge in [-0.3, -0.25) is 0 Å². The van der Waals surface area contributed by atoms with Gasteiger partial charge in [0, 0.05) is 25.4 Å². The molecule has 1 unspecified atom stereocenters. The maximum Gasteiger partial charge on any atom is 0.0351 e. The first-order valence-corrected chi connectivity index (χ1v) is 11.9. The number of benzene rings is 2. The van der Waals surface area contributed by atoms with Crippen LogP contribution in [0.5, 0.6) is 0 Å². The predicted octanol–water partition coefficient (Wildman–Crippen LogP) is 8.72. The molecule has 1 aliphatic rings. The normalized spacial score (nSPS) is 16.2. The molecule has 4 aromatic rings. The minimum atomic E-state index is 0.514. The van der Waals surface area contributed by atoms with Gasteiger partial charge in [0.2, 0.25) is 0 Å². The lowest BCUT2D eigenvalue weighted by Crippen LogP contribution is -1.98. The zero-order valence-electron chi connectivity index (χ0n) is 16.8. The predicted molar refractivity (Wildman–Crippen MR) is 129 cm³/mol. The molecule has 0 fully saturated rings. The summed E-state index contributed by atoms with van der Waals surface area (Å²) < 4.78 is 0. The van der Waals surface area contributed by atoms with Gasteiger partial charge in [-0.1, -0.05) is 66.7 Å². The van der Waals surface area contributed by atoms with Crippen LogP contribution in [0.3, 0.4) is 0 Å². The fourth-order valence-electron chi connectivity index (χ4n) is 4.42. The van der Waals surface area contributed by atoms with Crippen LogP contribution in [0, 0.1) is 13.8 Å². The van der Waals surface area contributed by atoms with Gasteiger partial charge < -0.3 is 0 Å². The summed E-state index contributed by atoms with van der Waals surface area (Å²) in [6, 6.07) is 26.4. The molecule has 0 amide bonds. The molecular weight excluding hydrogens is 388 g/mol. The quantitative estimate of drug-likeness (QED) is 0.314. The van der Waals surface area contributed by atoms with Crippen molar-refractivity contribution in [1.82, 2.24) is 0 Å². The number of rotatable bonds is 4. The van der Waals surface area contributed by atoms with Crippen LogP contribution in [0.25, 0.3) is 26.5 Å². The standard InChI is InChI=1S/C27H24S2/c1-18-24(16-26(28-18)20-10-5-3-6-11-20)22-14-9-15-23(22)25-17-27(29-19(25)2)21-12-7-4-8-13-21/h3-8,10-14,16-17,23H,9,15H2,1-2H3. The third-order valence-corrected chi connectivity index (χ3v) is 8.09. The molecule has 1 atom stereocenters. The molecule has 29 heavy (non-hydrogen) atoms. The number of thiophene rings is 2. The molecule has 0 aliphatic heterocycles. The van der Waals surface area contributed by atoms with Crippen molar-refractivity contribution in [2.75, 3.05) is 0 Å². The van der Waals surface area contributed by atoms with Gasteiger partial charge in [0.25, 0.3) is 0 Å². The van der Waals surface area contributed by atoms with Gasteiger partial charge in [0.05, 0.1) is 0 Å². The van der Waals surface area contributed by atoms with E-state index in [4.69, 9.17) is 0 Å². The molecule has 0 saturated heterocycles. The molecule has 1 aliphatic carbocycles. The average molecular weight is 413 g/mol. The molecular formula is C27H24S2. The first kappa shape index (κ1) is 18.6. The van der Waals surface area contributed by atoms with Crippen LogP contribution < -0.4 is 0 Å². The third-order valence-electron chi connectivity index (χ3n) is 5.87. The lowest BCUT2D eigenvalue weighted by atomic mass is 9.88. The fraction of sp³-hybridized carbons (Fsp3) is 0.185. The van der Waals surface area contributed by atoms with Gasteiger partial charge in [-0.25, -0.2) is 0 Å². The summed E-state index contributed by atoms with van der Waals surface area (Å²) in [4.78, 5) is 5.64. The summed E-state index contributed by atoms with van der Waals surface area (Å²) in [6.45, 7) is 4.57. The second-order valence-electron chi connectivity index (χ2n) is 7.72. The smallest absolute Gasteiger partial charge is 0.0351 e. The zero-order chi connectivity index (χ0) is 19.8. The van der Waals surface area contributed by atoms with Crippen LogP contribution in [-0.2, 0) is 0 Å². The van der Waals surface area contributed by atoms with Gasteiger partial charge in [0.1, 0.15) is 0 Å². The van der Waals surface area contributed by atoms with Crippen molar-refractivity contribution in [2.45, 2.75) is 32.6 Å². The van der Waals surface area contributed by atoms with Gasteiger partial charge in [-0.2, -0.15) is 0 Å². The molecule has 5 rings (SSSR count). The van der Waals surface area contributed by atoms with E-state index in [2.05, 4.69) is 92.7 Å². The molecule has 2 aromatic carbocycles. The molecule has 0 nitrogen and oxygen atoms in total. The van der Waals surface area contributed by atoms with E-state index in [1.165, 1.54) is 60.2 Å². The topological polar surface area (TPSA) is 0 Å². The minimum Gasteiger partial charge on any atom is -0.140 e. The van der Waals surface area contributed by atoms with E-state index in [1.807, 2.05) is 22.7 Å². The van der Waals surface area contributed by atoms with Crippen molar-refractivity contribution in [2.24, 2.45) is 0 Å². The molecule has 0 N–H and O–H groups in total. The lowest BCUT2D eigenvalue weighted by Gasteiger charge is -2.15. The minimum absolute atomic E-state index is 0.514. The monoisotopic (exact) mass is 412 g/mol. The molecule has 2 heteroatoms. The number of hydrogen-bond donors (Lipinski definition) is 0.